The molecule has 1 aromatic heterocycles. The topological polar surface area (TPSA) is 76.2 Å². The fourth-order valence-electron chi connectivity index (χ4n) is 1.84. The summed E-state index contributed by atoms with van der Waals surface area (Å²) in [6, 6.07) is 13.9. The summed E-state index contributed by atoms with van der Waals surface area (Å²) in [5, 5.41) is 12.8. The number of carbonyl (C=O) groups is 1. The number of rotatable bonds is 3. The Hall–Kier alpha value is -2.47. The lowest BCUT2D eigenvalue weighted by atomic mass is 10.1. The van der Waals surface area contributed by atoms with E-state index < -0.39 is 5.97 Å². The van der Waals surface area contributed by atoms with Crippen LogP contribution in [0.2, 0.25) is 0 Å². The highest BCUT2D eigenvalue weighted by Gasteiger charge is 2.11. The molecule has 3 rings (SSSR count). The van der Waals surface area contributed by atoms with E-state index in [1.165, 1.54) is 12.1 Å². The molecule has 0 radical (unpaired) electrons. The summed E-state index contributed by atoms with van der Waals surface area (Å²) in [6.45, 7) is 0. The monoisotopic (exact) mass is 344 g/mol. The smallest absolute Gasteiger partial charge is 0.335 e. The van der Waals surface area contributed by atoms with Gasteiger partial charge in [0.25, 0.3) is 5.89 Å². The van der Waals surface area contributed by atoms with Crippen LogP contribution < -0.4 is 0 Å². The van der Waals surface area contributed by atoms with Crippen molar-refractivity contribution < 1.29 is 14.4 Å². The molecule has 6 heteroatoms. The normalized spacial score (nSPS) is 10.5. The van der Waals surface area contributed by atoms with Gasteiger partial charge in [-0.15, -0.1) is 0 Å². The number of aromatic nitrogens is 2. The third-order valence-corrected chi connectivity index (χ3v) is 3.38. The second kappa shape index (κ2) is 5.49. The quantitative estimate of drug-likeness (QED) is 0.780. The van der Waals surface area contributed by atoms with E-state index in [0.717, 1.165) is 10.0 Å². The third kappa shape index (κ3) is 2.85. The lowest BCUT2D eigenvalue weighted by Gasteiger charge is -1.96. The van der Waals surface area contributed by atoms with Gasteiger partial charge in [-0.1, -0.05) is 39.3 Å². The average molecular weight is 345 g/mol. The Bertz CT molecular complexity index is 797. The van der Waals surface area contributed by atoms with Crippen LogP contribution in [0.15, 0.2) is 57.5 Å². The van der Waals surface area contributed by atoms with E-state index in [-0.39, 0.29) is 5.56 Å². The van der Waals surface area contributed by atoms with E-state index in [1.807, 2.05) is 24.3 Å². The summed E-state index contributed by atoms with van der Waals surface area (Å²) >= 11 is 3.39. The first kappa shape index (κ1) is 13.5. The van der Waals surface area contributed by atoms with E-state index in [4.69, 9.17) is 9.63 Å². The van der Waals surface area contributed by atoms with Crippen LogP contribution in [0.3, 0.4) is 0 Å². The van der Waals surface area contributed by atoms with Gasteiger partial charge in [0.2, 0.25) is 5.82 Å². The van der Waals surface area contributed by atoms with Gasteiger partial charge in [0.05, 0.1) is 5.56 Å². The average Bonchev–Trinajstić information content (AvgIpc) is 2.97. The predicted octanol–water partition coefficient (Wildman–Crippen LogP) is 3.86. The maximum absolute atomic E-state index is 10.8. The van der Waals surface area contributed by atoms with E-state index in [2.05, 4.69) is 26.1 Å². The number of benzene rings is 2. The highest BCUT2D eigenvalue weighted by atomic mass is 79.9. The van der Waals surface area contributed by atoms with Crippen LogP contribution in [-0.4, -0.2) is 21.2 Å². The molecule has 0 unspecified atom stereocenters. The van der Waals surface area contributed by atoms with Crippen LogP contribution >= 0.6 is 15.9 Å². The Morgan fingerprint density at radius 3 is 2.52 bits per heavy atom. The highest BCUT2D eigenvalue weighted by molar-refractivity contribution is 9.10. The highest BCUT2D eigenvalue weighted by Crippen LogP contribution is 2.24. The van der Waals surface area contributed by atoms with Crippen molar-refractivity contribution in [1.29, 1.82) is 0 Å². The molecule has 0 spiro atoms. The first-order valence-corrected chi connectivity index (χ1v) is 6.86. The second-order valence-corrected chi connectivity index (χ2v) is 5.23. The summed E-state index contributed by atoms with van der Waals surface area (Å²) in [7, 11) is 0. The van der Waals surface area contributed by atoms with Gasteiger partial charge in [-0.25, -0.2) is 4.79 Å². The molecule has 0 amide bonds. The molecule has 0 aliphatic rings. The molecule has 1 heterocycles. The molecular weight excluding hydrogens is 336 g/mol. The second-order valence-electron chi connectivity index (χ2n) is 4.32. The van der Waals surface area contributed by atoms with Gasteiger partial charge in [0, 0.05) is 15.6 Å². The molecule has 0 saturated heterocycles. The van der Waals surface area contributed by atoms with Crippen molar-refractivity contribution in [3.63, 3.8) is 0 Å². The van der Waals surface area contributed by atoms with Crippen molar-refractivity contribution >= 4 is 21.9 Å². The molecule has 0 fully saturated rings. The molecule has 104 valence electrons. The van der Waals surface area contributed by atoms with Crippen molar-refractivity contribution in [2.45, 2.75) is 0 Å². The predicted molar refractivity (Wildman–Crippen MR) is 79.8 cm³/mol. The fourth-order valence-corrected chi connectivity index (χ4v) is 2.24. The lowest BCUT2D eigenvalue weighted by Crippen LogP contribution is -1.95. The van der Waals surface area contributed by atoms with Gasteiger partial charge >= 0.3 is 5.97 Å². The Balaban J connectivity index is 1.93. The molecule has 5 nitrogen and oxygen atoms in total. The van der Waals surface area contributed by atoms with Gasteiger partial charge in [-0.3, -0.25) is 0 Å². The number of hydrogen-bond acceptors (Lipinski definition) is 4. The van der Waals surface area contributed by atoms with Gasteiger partial charge in [0.15, 0.2) is 0 Å². The Kier molecular flexibility index (Phi) is 3.53. The number of carboxylic acid groups (broad SMARTS) is 1. The van der Waals surface area contributed by atoms with E-state index >= 15 is 0 Å². The minimum absolute atomic E-state index is 0.217. The third-order valence-electron chi connectivity index (χ3n) is 2.89. The zero-order valence-electron chi connectivity index (χ0n) is 10.7. The van der Waals surface area contributed by atoms with E-state index in [0.29, 0.717) is 17.3 Å². The van der Waals surface area contributed by atoms with Crippen LogP contribution in [0.5, 0.6) is 0 Å². The van der Waals surface area contributed by atoms with Gasteiger partial charge in [0.1, 0.15) is 0 Å². The van der Waals surface area contributed by atoms with Crippen molar-refractivity contribution in [3.05, 3.63) is 58.6 Å². The summed E-state index contributed by atoms with van der Waals surface area (Å²) in [6.07, 6.45) is 0. The minimum atomic E-state index is -0.968. The molecule has 0 atom stereocenters. The first-order valence-electron chi connectivity index (χ1n) is 6.07. The molecule has 0 aliphatic heterocycles. The number of hydrogen-bond donors (Lipinski definition) is 1. The van der Waals surface area contributed by atoms with Crippen LogP contribution in [0.4, 0.5) is 0 Å². The van der Waals surface area contributed by atoms with Gasteiger partial charge in [-0.05, 0) is 30.3 Å². The summed E-state index contributed by atoms with van der Waals surface area (Å²) in [5.74, 6) is -0.139. The van der Waals surface area contributed by atoms with Crippen molar-refractivity contribution in [3.8, 4) is 22.8 Å². The summed E-state index contributed by atoms with van der Waals surface area (Å²) in [4.78, 5) is 15.1. The van der Waals surface area contributed by atoms with Crippen LogP contribution in [-0.2, 0) is 0 Å². The van der Waals surface area contributed by atoms with Crippen molar-refractivity contribution in [2.24, 2.45) is 0 Å². The Labute approximate surface area is 128 Å². The minimum Gasteiger partial charge on any atom is -0.478 e. The Morgan fingerprint density at radius 1 is 1.10 bits per heavy atom. The Morgan fingerprint density at radius 2 is 1.86 bits per heavy atom. The fraction of sp³-hybridized carbons (Fsp3) is 0. The molecule has 1 N–H and O–H groups in total. The van der Waals surface area contributed by atoms with Crippen LogP contribution in [0, 0.1) is 0 Å². The zero-order valence-corrected chi connectivity index (χ0v) is 12.2. The molecular formula is C15H9BrN2O3. The van der Waals surface area contributed by atoms with E-state index in [9.17, 15) is 4.79 Å². The lowest BCUT2D eigenvalue weighted by molar-refractivity contribution is 0.0697. The molecule has 0 bridgehead atoms. The number of aromatic carboxylic acids is 1. The largest absolute Gasteiger partial charge is 0.478 e. The van der Waals surface area contributed by atoms with Crippen molar-refractivity contribution in [2.75, 3.05) is 0 Å². The number of halogens is 1. The number of nitrogens with zero attached hydrogens (tertiary/aromatic N) is 2. The van der Waals surface area contributed by atoms with E-state index in [1.54, 1.807) is 12.1 Å². The standard InChI is InChI=1S/C15H9BrN2O3/c16-12-3-1-2-11(8-12)14-17-13(18-21-14)9-4-6-10(7-5-9)15(19)20/h1-8H,(H,19,20). The maximum atomic E-state index is 10.8. The first-order chi connectivity index (χ1) is 10.1. The molecule has 0 aliphatic carbocycles. The molecule has 0 saturated carbocycles. The van der Waals surface area contributed by atoms with Gasteiger partial charge < -0.3 is 9.63 Å². The van der Waals surface area contributed by atoms with Crippen LogP contribution in [0.25, 0.3) is 22.8 Å². The number of carboxylic acids is 1. The zero-order chi connectivity index (χ0) is 14.8. The molecule has 21 heavy (non-hydrogen) atoms. The van der Waals surface area contributed by atoms with Crippen molar-refractivity contribution in [1.82, 2.24) is 10.1 Å². The molecule has 3 aromatic rings. The summed E-state index contributed by atoms with van der Waals surface area (Å²) < 4.78 is 6.16. The SMILES string of the molecule is O=C(O)c1ccc(-c2noc(-c3cccc(Br)c3)n2)cc1. The van der Waals surface area contributed by atoms with Crippen LogP contribution in [0.1, 0.15) is 10.4 Å². The maximum Gasteiger partial charge on any atom is 0.335 e. The van der Waals surface area contributed by atoms with Gasteiger partial charge in [-0.2, -0.15) is 4.98 Å². The molecule has 2 aromatic carbocycles. The summed E-state index contributed by atoms with van der Waals surface area (Å²) in [5.41, 5.74) is 1.73.